The first-order valence-electron chi connectivity index (χ1n) is 5.18. The van der Waals surface area contributed by atoms with Crippen LogP contribution >= 0.6 is 0 Å². The molecule has 1 spiro atoms. The van der Waals surface area contributed by atoms with Crippen LogP contribution in [-0.2, 0) is 4.74 Å². The summed E-state index contributed by atoms with van der Waals surface area (Å²) in [4.78, 5) is 0. The number of hydrogen-bond donors (Lipinski definition) is 3. The molecule has 0 radical (unpaired) electrons. The van der Waals surface area contributed by atoms with Crippen molar-refractivity contribution in [3.8, 4) is 0 Å². The highest BCUT2D eigenvalue weighted by molar-refractivity contribution is 5.42. The Bertz CT molecular complexity index is 302. The smallest absolute Gasteiger partial charge is 0.0994 e. The maximum atomic E-state index is 5.96. The molecule has 4 heteroatoms. The van der Waals surface area contributed by atoms with Gasteiger partial charge in [0.15, 0.2) is 0 Å². The van der Waals surface area contributed by atoms with Crippen molar-refractivity contribution in [1.82, 2.24) is 16.2 Å². The van der Waals surface area contributed by atoms with E-state index in [2.05, 4.69) is 22.2 Å². The van der Waals surface area contributed by atoms with Crippen molar-refractivity contribution in [3.63, 3.8) is 0 Å². The zero-order chi connectivity index (χ0) is 9.43. The summed E-state index contributed by atoms with van der Waals surface area (Å²) < 4.78 is 5.96. The fourth-order valence-corrected chi connectivity index (χ4v) is 2.48. The molecule has 4 nitrogen and oxygen atoms in total. The Hall–Kier alpha value is -1.00. The molecule has 0 aromatic carbocycles. The fraction of sp³-hybridized carbons (Fsp3) is 0.600. The number of fused-ring (bicyclic) bond motifs is 2. The molecule has 0 atom stereocenters. The lowest BCUT2D eigenvalue weighted by Crippen LogP contribution is -2.47. The molecule has 0 unspecified atom stereocenters. The topological polar surface area (TPSA) is 45.3 Å². The van der Waals surface area contributed by atoms with Crippen LogP contribution in [0.15, 0.2) is 23.5 Å². The predicted octanol–water partition coefficient (Wildman–Crippen LogP) is 0.0144. The SMILES string of the molecule is C1=C2NNC=C2C2(CCNCC2)OC1. The highest BCUT2D eigenvalue weighted by atomic mass is 16.5. The van der Waals surface area contributed by atoms with Gasteiger partial charge < -0.3 is 20.9 Å². The molecule has 3 aliphatic heterocycles. The summed E-state index contributed by atoms with van der Waals surface area (Å²) in [7, 11) is 0. The summed E-state index contributed by atoms with van der Waals surface area (Å²) in [5.41, 5.74) is 8.67. The number of piperidine rings is 1. The molecule has 76 valence electrons. The van der Waals surface area contributed by atoms with Crippen molar-refractivity contribution < 1.29 is 4.74 Å². The van der Waals surface area contributed by atoms with Crippen molar-refractivity contribution in [2.24, 2.45) is 0 Å². The van der Waals surface area contributed by atoms with E-state index in [1.165, 1.54) is 11.3 Å². The quantitative estimate of drug-likeness (QED) is 0.507. The summed E-state index contributed by atoms with van der Waals surface area (Å²) >= 11 is 0. The molecule has 0 aromatic heterocycles. The first-order valence-corrected chi connectivity index (χ1v) is 5.18. The Balaban J connectivity index is 1.95. The van der Waals surface area contributed by atoms with Gasteiger partial charge in [0, 0.05) is 11.8 Å². The first-order chi connectivity index (χ1) is 6.91. The van der Waals surface area contributed by atoms with E-state index in [-0.39, 0.29) is 5.60 Å². The lowest BCUT2D eigenvalue weighted by atomic mass is 9.82. The van der Waals surface area contributed by atoms with E-state index in [4.69, 9.17) is 4.74 Å². The number of ether oxygens (including phenoxy) is 1. The number of hydrazine groups is 1. The lowest BCUT2D eigenvalue weighted by Gasteiger charge is -2.40. The van der Waals surface area contributed by atoms with Crippen molar-refractivity contribution in [3.05, 3.63) is 23.5 Å². The van der Waals surface area contributed by atoms with Crippen LogP contribution in [0.5, 0.6) is 0 Å². The van der Waals surface area contributed by atoms with E-state index in [1.807, 2.05) is 6.20 Å². The zero-order valence-electron chi connectivity index (χ0n) is 8.10. The van der Waals surface area contributed by atoms with E-state index >= 15 is 0 Å². The second-order valence-electron chi connectivity index (χ2n) is 4.00. The molecule has 3 N–H and O–H groups in total. The molecule has 3 rings (SSSR count). The monoisotopic (exact) mass is 193 g/mol. The summed E-state index contributed by atoms with van der Waals surface area (Å²) in [5.74, 6) is 0. The van der Waals surface area contributed by atoms with Crippen LogP contribution in [-0.4, -0.2) is 25.3 Å². The van der Waals surface area contributed by atoms with Crippen LogP contribution in [0.4, 0.5) is 0 Å². The van der Waals surface area contributed by atoms with Crippen LogP contribution in [0.1, 0.15) is 12.8 Å². The van der Waals surface area contributed by atoms with Crippen molar-refractivity contribution >= 4 is 0 Å². The minimum absolute atomic E-state index is 0.0359. The summed E-state index contributed by atoms with van der Waals surface area (Å²) in [6.07, 6.45) is 6.27. The van der Waals surface area contributed by atoms with Gasteiger partial charge in [-0.05, 0) is 32.0 Å². The molecule has 1 saturated heterocycles. The van der Waals surface area contributed by atoms with E-state index < -0.39 is 0 Å². The Morgan fingerprint density at radius 3 is 3.00 bits per heavy atom. The van der Waals surface area contributed by atoms with Gasteiger partial charge >= 0.3 is 0 Å². The van der Waals surface area contributed by atoms with Gasteiger partial charge in [-0.3, -0.25) is 0 Å². The molecule has 1 fully saturated rings. The summed E-state index contributed by atoms with van der Waals surface area (Å²) in [6, 6.07) is 0. The van der Waals surface area contributed by atoms with Gasteiger partial charge in [0.2, 0.25) is 0 Å². The zero-order valence-corrected chi connectivity index (χ0v) is 8.10. The first kappa shape index (κ1) is 8.32. The molecule has 0 bridgehead atoms. The van der Waals surface area contributed by atoms with E-state index in [0.717, 1.165) is 32.5 Å². The lowest BCUT2D eigenvalue weighted by molar-refractivity contribution is -0.0274. The highest BCUT2D eigenvalue weighted by Crippen LogP contribution is 2.38. The second-order valence-corrected chi connectivity index (χ2v) is 4.00. The molecule has 3 aliphatic rings. The predicted molar refractivity (Wildman–Crippen MR) is 53.2 cm³/mol. The normalized spacial score (nSPS) is 28.6. The van der Waals surface area contributed by atoms with Crippen molar-refractivity contribution in [2.45, 2.75) is 18.4 Å². The maximum absolute atomic E-state index is 5.96. The molecule has 0 amide bonds. The van der Waals surface area contributed by atoms with Gasteiger partial charge in [-0.15, -0.1) is 0 Å². The molecular weight excluding hydrogens is 178 g/mol. The molecule has 0 saturated carbocycles. The van der Waals surface area contributed by atoms with Crippen molar-refractivity contribution in [1.29, 1.82) is 0 Å². The average molecular weight is 193 g/mol. The molecular formula is C10H15N3O. The van der Waals surface area contributed by atoms with Crippen LogP contribution < -0.4 is 16.2 Å². The third kappa shape index (κ3) is 1.07. The molecule has 0 aromatic rings. The number of rotatable bonds is 0. The van der Waals surface area contributed by atoms with Gasteiger partial charge in [0.25, 0.3) is 0 Å². The average Bonchev–Trinajstić information content (AvgIpc) is 2.69. The maximum Gasteiger partial charge on any atom is 0.0994 e. The van der Waals surface area contributed by atoms with Crippen LogP contribution in [0.2, 0.25) is 0 Å². The molecule has 0 aliphatic carbocycles. The molecule has 14 heavy (non-hydrogen) atoms. The standard InChI is InChI=1S/C10H15N3O/c1-6-14-10(2-4-11-5-3-10)8-7-12-13-9(1)8/h1,7,11-13H,2-6H2. The van der Waals surface area contributed by atoms with Crippen LogP contribution in [0.3, 0.4) is 0 Å². The number of hydrogen-bond acceptors (Lipinski definition) is 4. The highest BCUT2D eigenvalue weighted by Gasteiger charge is 2.41. The van der Waals surface area contributed by atoms with Gasteiger partial charge in [0.1, 0.15) is 0 Å². The van der Waals surface area contributed by atoms with Crippen molar-refractivity contribution in [2.75, 3.05) is 19.7 Å². The largest absolute Gasteiger partial charge is 0.366 e. The fourth-order valence-electron chi connectivity index (χ4n) is 2.48. The molecule has 3 heterocycles. The third-order valence-electron chi connectivity index (χ3n) is 3.26. The van der Waals surface area contributed by atoms with Gasteiger partial charge in [-0.2, -0.15) is 0 Å². The minimum atomic E-state index is -0.0359. The minimum Gasteiger partial charge on any atom is -0.366 e. The van der Waals surface area contributed by atoms with E-state index in [0.29, 0.717) is 0 Å². The van der Waals surface area contributed by atoms with E-state index in [1.54, 1.807) is 0 Å². The van der Waals surface area contributed by atoms with Crippen LogP contribution in [0.25, 0.3) is 0 Å². The second kappa shape index (κ2) is 3.00. The number of nitrogens with one attached hydrogen (secondary N) is 3. The van der Waals surface area contributed by atoms with Crippen LogP contribution in [0, 0.1) is 0 Å². The Morgan fingerprint density at radius 2 is 2.14 bits per heavy atom. The van der Waals surface area contributed by atoms with E-state index in [9.17, 15) is 0 Å². The summed E-state index contributed by atoms with van der Waals surface area (Å²) in [6.45, 7) is 2.82. The Kier molecular flexibility index (Phi) is 1.78. The Morgan fingerprint density at radius 1 is 1.29 bits per heavy atom. The Labute approximate surface area is 83.4 Å². The van der Waals surface area contributed by atoms with Gasteiger partial charge in [0.05, 0.1) is 17.9 Å². The van der Waals surface area contributed by atoms with Gasteiger partial charge in [-0.25, -0.2) is 0 Å². The summed E-state index contributed by atoms with van der Waals surface area (Å²) in [5, 5.41) is 3.37. The van der Waals surface area contributed by atoms with Gasteiger partial charge in [-0.1, -0.05) is 0 Å². The third-order valence-corrected chi connectivity index (χ3v) is 3.26.